The first-order valence-corrected chi connectivity index (χ1v) is 4.75. The van der Waals surface area contributed by atoms with Crippen LogP contribution in [0.4, 0.5) is 0 Å². The van der Waals surface area contributed by atoms with Gasteiger partial charge in [0, 0.05) is 13.1 Å². The second-order valence-electron chi connectivity index (χ2n) is 3.13. The molecule has 3 heteroatoms. The van der Waals surface area contributed by atoms with Crippen LogP contribution in [0.3, 0.4) is 0 Å². The maximum absolute atomic E-state index is 4.38. The maximum atomic E-state index is 4.38. The molecule has 0 spiro atoms. The van der Waals surface area contributed by atoms with E-state index in [1.807, 2.05) is 6.92 Å². The number of nitrogens with zero attached hydrogens (tertiary/aromatic N) is 3. The second-order valence-corrected chi connectivity index (χ2v) is 3.13. The normalized spacial score (nSPS) is 18.5. The van der Waals surface area contributed by atoms with Gasteiger partial charge in [-0.25, -0.2) is 9.98 Å². The van der Waals surface area contributed by atoms with Crippen LogP contribution in [0.25, 0.3) is 0 Å². The van der Waals surface area contributed by atoms with Crippen molar-refractivity contribution in [1.29, 1.82) is 0 Å². The zero-order valence-corrected chi connectivity index (χ0v) is 8.45. The molecule has 0 bridgehead atoms. The minimum atomic E-state index is 0.742. The zero-order valence-electron chi connectivity index (χ0n) is 8.45. The highest BCUT2D eigenvalue weighted by Gasteiger charge is 2.15. The highest BCUT2D eigenvalue weighted by molar-refractivity contribution is 5.84. The number of likely N-dealkylation sites (tertiary alicyclic amines) is 1. The smallest absolute Gasteiger partial charge is 0.126 e. The lowest BCUT2D eigenvalue weighted by Crippen LogP contribution is -2.35. The Bertz CT molecular complexity index is 237. The summed E-state index contributed by atoms with van der Waals surface area (Å²) < 4.78 is 0. The van der Waals surface area contributed by atoms with Crippen molar-refractivity contribution in [3.05, 3.63) is 11.9 Å². The van der Waals surface area contributed by atoms with Crippen molar-refractivity contribution in [1.82, 2.24) is 4.90 Å². The molecular formula is C10H17N3. The zero-order chi connectivity index (χ0) is 9.68. The predicted molar refractivity (Wildman–Crippen MR) is 57.2 cm³/mol. The molecule has 0 aromatic carbocycles. The third kappa shape index (κ3) is 2.68. The monoisotopic (exact) mass is 179 g/mol. The molecule has 72 valence electrons. The fourth-order valence-electron chi connectivity index (χ4n) is 1.17. The lowest BCUT2D eigenvalue weighted by Gasteiger charge is -2.33. The number of rotatable bonds is 3. The molecule has 1 saturated heterocycles. The van der Waals surface area contributed by atoms with Crippen molar-refractivity contribution in [2.24, 2.45) is 9.98 Å². The molecule has 13 heavy (non-hydrogen) atoms. The van der Waals surface area contributed by atoms with E-state index in [-0.39, 0.29) is 0 Å². The molecule has 0 radical (unpaired) electrons. The number of hydrogen-bond acceptors (Lipinski definition) is 2. The summed E-state index contributed by atoms with van der Waals surface area (Å²) in [4.78, 5) is 10.4. The van der Waals surface area contributed by atoms with E-state index in [0.717, 1.165) is 31.2 Å². The van der Waals surface area contributed by atoms with Gasteiger partial charge in [0.05, 0.1) is 0 Å². The van der Waals surface area contributed by atoms with Gasteiger partial charge in [-0.3, -0.25) is 0 Å². The van der Waals surface area contributed by atoms with Crippen LogP contribution in [-0.2, 0) is 0 Å². The van der Waals surface area contributed by atoms with E-state index in [1.165, 1.54) is 6.42 Å². The predicted octanol–water partition coefficient (Wildman–Crippen LogP) is 2.06. The van der Waals surface area contributed by atoms with E-state index in [2.05, 4.69) is 34.6 Å². The first kappa shape index (κ1) is 9.96. The van der Waals surface area contributed by atoms with Crippen molar-refractivity contribution in [3.63, 3.8) is 0 Å². The van der Waals surface area contributed by atoms with Crippen molar-refractivity contribution in [3.8, 4) is 0 Å². The summed E-state index contributed by atoms with van der Waals surface area (Å²) in [5.74, 6) is 1.80. The molecular weight excluding hydrogens is 162 g/mol. The molecule has 0 atom stereocenters. The van der Waals surface area contributed by atoms with E-state index in [9.17, 15) is 0 Å². The Morgan fingerprint density at radius 1 is 1.54 bits per heavy atom. The fourth-order valence-corrected chi connectivity index (χ4v) is 1.17. The molecule has 0 N–H and O–H groups in total. The second kappa shape index (κ2) is 4.80. The van der Waals surface area contributed by atoms with E-state index in [0.29, 0.717) is 0 Å². The molecule has 0 saturated carbocycles. The van der Waals surface area contributed by atoms with Gasteiger partial charge in [0.25, 0.3) is 0 Å². The van der Waals surface area contributed by atoms with Crippen molar-refractivity contribution in [2.75, 3.05) is 13.1 Å². The Morgan fingerprint density at radius 3 is 2.62 bits per heavy atom. The standard InChI is InChI=1S/C10H17N3/c1-4-6-10(12-9(2)11-3)13-7-5-8-13/h6H,3-5,7-8H2,1-2H3/b10-6+,12-9?. The van der Waals surface area contributed by atoms with Crippen LogP contribution in [-0.4, -0.2) is 30.5 Å². The summed E-state index contributed by atoms with van der Waals surface area (Å²) >= 11 is 0. The minimum Gasteiger partial charge on any atom is -0.357 e. The highest BCUT2D eigenvalue weighted by atomic mass is 15.3. The summed E-state index contributed by atoms with van der Waals surface area (Å²) in [5, 5.41) is 0. The highest BCUT2D eigenvalue weighted by Crippen LogP contribution is 2.16. The molecule has 0 unspecified atom stereocenters. The molecule has 1 aliphatic heterocycles. The molecule has 0 aromatic rings. The summed E-state index contributed by atoms with van der Waals surface area (Å²) in [6, 6.07) is 0. The van der Waals surface area contributed by atoms with Crippen LogP contribution in [0.2, 0.25) is 0 Å². The lowest BCUT2D eigenvalue weighted by atomic mass is 10.2. The van der Waals surface area contributed by atoms with Crippen LogP contribution < -0.4 is 0 Å². The number of amidine groups is 1. The molecule has 1 heterocycles. The largest absolute Gasteiger partial charge is 0.357 e. The summed E-state index contributed by atoms with van der Waals surface area (Å²) in [5.41, 5.74) is 0. The van der Waals surface area contributed by atoms with E-state index in [1.54, 1.807) is 0 Å². The Balaban J connectivity index is 2.67. The van der Waals surface area contributed by atoms with Crippen molar-refractivity contribution in [2.45, 2.75) is 26.7 Å². The summed E-state index contributed by atoms with van der Waals surface area (Å²) in [6.45, 7) is 9.69. The van der Waals surface area contributed by atoms with Crippen LogP contribution in [0, 0.1) is 0 Å². The lowest BCUT2D eigenvalue weighted by molar-refractivity contribution is 0.235. The average molecular weight is 179 g/mol. The van der Waals surface area contributed by atoms with E-state index in [4.69, 9.17) is 0 Å². The Kier molecular flexibility index (Phi) is 3.68. The Hall–Kier alpha value is -1.12. The first-order chi connectivity index (χ1) is 6.27. The van der Waals surface area contributed by atoms with Gasteiger partial charge in [-0.2, -0.15) is 0 Å². The minimum absolute atomic E-state index is 0.742. The van der Waals surface area contributed by atoms with E-state index < -0.39 is 0 Å². The summed E-state index contributed by atoms with van der Waals surface area (Å²) in [7, 11) is 0. The van der Waals surface area contributed by atoms with Gasteiger partial charge in [0.2, 0.25) is 0 Å². The van der Waals surface area contributed by atoms with Gasteiger partial charge < -0.3 is 4.90 Å². The third-order valence-corrected chi connectivity index (χ3v) is 2.07. The third-order valence-electron chi connectivity index (χ3n) is 2.07. The molecule has 0 aliphatic carbocycles. The Labute approximate surface area is 79.9 Å². The molecule has 3 nitrogen and oxygen atoms in total. The molecule has 1 aliphatic rings. The van der Waals surface area contributed by atoms with Crippen LogP contribution in [0.15, 0.2) is 21.9 Å². The number of aliphatic imine (C=N–C) groups is 2. The van der Waals surface area contributed by atoms with Gasteiger partial charge in [-0.05, 0) is 32.6 Å². The van der Waals surface area contributed by atoms with Gasteiger partial charge in [-0.1, -0.05) is 6.92 Å². The van der Waals surface area contributed by atoms with Gasteiger partial charge >= 0.3 is 0 Å². The van der Waals surface area contributed by atoms with Gasteiger partial charge in [-0.15, -0.1) is 0 Å². The molecule has 1 fully saturated rings. The number of hydrogen-bond donors (Lipinski definition) is 0. The fraction of sp³-hybridized carbons (Fsp3) is 0.600. The van der Waals surface area contributed by atoms with Crippen molar-refractivity contribution >= 4 is 12.6 Å². The maximum Gasteiger partial charge on any atom is 0.126 e. The Morgan fingerprint density at radius 2 is 2.23 bits per heavy atom. The van der Waals surface area contributed by atoms with Crippen LogP contribution >= 0.6 is 0 Å². The van der Waals surface area contributed by atoms with Gasteiger partial charge in [0.1, 0.15) is 11.7 Å². The molecule has 0 amide bonds. The topological polar surface area (TPSA) is 28.0 Å². The summed E-state index contributed by atoms with van der Waals surface area (Å²) in [6.07, 6.45) is 4.42. The first-order valence-electron chi connectivity index (χ1n) is 4.75. The van der Waals surface area contributed by atoms with E-state index >= 15 is 0 Å². The quantitative estimate of drug-likeness (QED) is 0.481. The SMILES string of the molecule is C=NC(C)=N/C(=C\CC)N1CCC1. The molecule has 0 aromatic heterocycles. The van der Waals surface area contributed by atoms with Crippen LogP contribution in [0.5, 0.6) is 0 Å². The van der Waals surface area contributed by atoms with Crippen molar-refractivity contribution < 1.29 is 0 Å². The van der Waals surface area contributed by atoms with Gasteiger partial charge in [0.15, 0.2) is 0 Å². The molecule has 1 rings (SSSR count). The average Bonchev–Trinajstić information content (AvgIpc) is 2.01. The number of allylic oxidation sites excluding steroid dienone is 1. The van der Waals surface area contributed by atoms with Crippen LogP contribution in [0.1, 0.15) is 26.7 Å².